The number of nitrogens with zero attached hydrogens (tertiary/aromatic N) is 1. The standard InChI is InChI=1S/C12H3Cl6NO2/c13-4-2-1-3(11(19-4)12(20)21)5-6(14)8(16)10(18)9(17)7(5)15/h1-2H,(H,20,21). The summed E-state index contributed by atoms with van der Waals surface area (Å²) in [5.41, 5.74) is -0.0811. The molecule has 21 heavy (non-hydrogen) atoms. The third kappa shape index (κ3) is 3.04. The summed E-state index contributed by atoms with van der Waals surface area (Å²) in [4.78, 5) is 15.0. The van der Waals surface area contributed by atoms with Gasteiger partial charge in [-0.2, -0.15) is 0 Å². The van der Waals surface area contributed by atoms with E-state index in [0.29, 0.717) is 0 Å². The summed E-state index contributed by atoms with van der Waals surface area (Å²) in [6.07, 6.45) is 0. The monoisotopic (exact) mass is 403 g/mol. The number of pyridine rings is 1. The third-order valence-corrected chi connectivity index (χ3v) is 5.03. The first-order valence-electron chi connectivity index (χ1n) is 5.17. The SMILES string of the molecule is O=C(O)c1nc(Cl)ccc1-c1c(Cl)c(Cl)c(Cl)c(Cl)c1Cl. The van der Waals surface area contributed by atoms with E-state index in [2.05, 4.69) is 4.98 Å². The van der Waals surface area contributed by atoms with Crippen LogP contribution in [-0.4, -0.2) is 16.1 Å². The number of carboxylic acid groups (broad SMARTS) is 1. The minimum atomic E-state index is -1.30. The predicted molar refractivity (Wildman–Crippen MR) is 86.7 cm³/mol. The Kier molecular flexibility index (Phi) is 5.14. The van der Waals surface area contributed by atoms with Crippen LogP contribution in [-0.2, 0) is 0 Å². The second-order valence-corrected chi connectivity index (χ2v) is 6.06. The number of aromatic carboxylic acids is 1. The van der Waals surface area contributed by atoms with Gasteiger partial charge in [0.25, 0.3) is 0 Å². The molecule has 0 amide bonds. The molecule has 1 heterocycles. The van der Waals surface area contributed by atoms with Gasteiger partial charge in [-0.15, -0.1) is 0 Å². The van der Waals surface area contributed by atoms with Gasteiger partial charge in [0.05, 0.1) is 25.1 Å². The van der Waals surface area contributed by atoms with Crippen LogP contribution in [0.5, 0.6) is 0 Å². The van der Waals surface area contributed by atoms with Crippen molar-refractivity contribution in [2.24, 2.45) is 0 Å². The molecule has 0 spiro atoms. The zero-order chi connectivity index (χ0) is 15.9. The highest BCUT2D eigenvalue weighted by atomic mass is 35.5. The molecule has 110 valence electrons. The molecule has 0 radical (unpaired) electrons. The van der Waals surface area contributed by atoms with Crippen molar-refractivity contribution in [1.29, 1.82) is 0 Å². The molecule has 0 saturated carbocycles. The zero-order valence-corrected chi connectivity index (χ0v) is 14.3. The van der Waals surface area contributed by atoms with Crippen molar-refractivity contribution in [2.45, 2.75) is 0 Å². The number of carboxylic acids is 1. The smallest absolute Gasteiger partial charge is 0.355 e. The van der Waals surface area contributed by atoms with E-state index < -0.39 is 5.97 Å². The molecule has 2 aromatic rings. The zero-order valence-electron chi connectivity index (χ0n) is 9.73. The Balaban J connectivity index is 2.89. The Bertz CT molecular complexity index is 733. The van der Waals surface area contributed by atoms with E-state index in [1.165, 1.54) is 12.1 Å². The Morgan fingerprint density at radius 3 is 1.81 bits per heavy atom. The van der Waals surface area contributed by atoms with Crippen molar-refractivity contribution in [3.8, 4) is 11.1 Å². The van der Waals surface area contributed by atoms with Crippen molar-refractivity contribution in [2.75, 3.05) is 0 Å². The van der Waals surface area contributed by atoms with Crippen LogP contribution >= 0.6 is 69.6 Å². The average Bonchev–Trinajstić information content (AvgIpc) is 2.44. The first kappa shape index (κ1) is 16.9. The first-order valence-corrected chi connectivity index (χ1v) is 7.44. The van der Waals surface area contributed by atoms with Crippen LogP contribution in [0.25, 0.3) is 11.1 Å². The lowest BCUT2D eigenvalue weighted by Gasteiger charge is -2.14. The van der Waals surface area contributed by atoms with Crippen LogP contribution in [0.2, 0.25) is 30.3 Å². The summed E-state index contributed by atoms with van der Waals surface area (Å²) >= 11 is 35.8. The fourth-order valence-corrected chi connectivity index (χ4v) is 3.13. The molecular formula is C12H3Cl6NO2. The van der Waals surface area contributed by atoms with E-state index in [0.717, 1.165) is 0 Å². The number of carbonyl (C=O) groups is 1. The van der Waals surface area contributed by atoms with Gasteiger partial charge in [-0.25, -0.2) is 9.78 Å². The number of halogens is 6. The van der Waals surface area contributed by atoms with Crippen molar-refractivity contribution < 1.29 is 9.90 Å². The van der Waals surface area contributed by atoms with Gasteiger partial charge in [0.1, 0.15) is 5.15 Å². The second-order valence-electron chi connectivity index (χ2n) is 3.78. The van der Waals surface area contributed by atoms with E-state index in [-0.39, 0.29) is 47.1 Å². The number of aromatic nitrogens is 1. The lowest BCUT2D eigenvalue weighted by molar-refractivity contribution is 0.0691. The van der Waals surface area contributed by atoms with Gasteiger partial charge in [0.15, 0.2) is 5.69 Å². The van der Waals surface area contributed by atoms with Gasteiger partial charge < -0.3 is 5.11 Å². The van der Waals surface area contributed by atoms with E-state index in [4.69, 9.17) is 69.6 Å². The fourth-order valence-electron chi connectivity index (χ4n) is 1.64. The van der Waals surface area contributed by atoms with Crippen LogP contribution in [0.3, 0.4) is 0 Å². The Morgan fingerprint density at radius 1 is 0.857 bits per heavy atom. The Labute approximate surface area is 149 Å². The molecule has 0 aliphatic carbocycles. The molecule has 1 aromatic carbocycles. The summed E-state index contributed by atoms with van der Waals surface area (Å²) in [5.74, 6) is -1.30. The van der Waals surface area contributed by atoms with Crippen LogP contribution in [0.4, 0.5) is 0 Å². The van der Waals surface area contributed by atoms with Gasteiger partial charge in [-0.05, 0) is 12.1 Å². The van der Waals surface area contributed by atoms with Gasteiger partial charge in [0, 0.05) is 11.1 Å². The largest absolute Gasteiger partial charge is 0.476 e. The quantitative estimate of drug-likeness (QED) is 0.359. The number of rotatable bonds is 2. The Hall–Kier alpha value is -0.420. The van der Waals surface area contributed by atoms with Gasteiger partial charge >= 0.3 is 5.97 Å². The maximum absolute atomic E-state index is 11.3. The minimum absolute atomic E-state index is 0.00884. The highest BCUT2D eigenvalue weighted by molar-refractivity contribution is 6.56. The van der Waals surface area contributed by atoms with E-state index in [9.17, 15) is 9.90 Å². The van der Waals surface area contributed by atoms with Gasteiger partial charge in [-0.1, -0.05) is 69.6 Å². The maximum atomic E-state index is 11.3. The topological polar surface area (TPSA) is 50.2 Å². The average molecular weight is 406 g/mol. The number of benzene rings is 1. The molecule has 0 aliphatic heterocycles. The van der Waals surface area contributed by atoms with E-state index in [1.807, 2.05) is 0 Å². The molecule has 9 heteroatoms. The molecule has 0 saturated heterocycles. The maximum Gasteiger partial charge on any atom is 0.355 e. The summed E-state index contributed by atoms with van der Waals surface area (Å²) < 4.78 is 0. The summed E-state index contributed by atoms with van der Waals surface area (Å²) in [6.45, 7) is 0. The van der Waals surface area contributed by atoms with E-state index >= 15 is 0 Å². The molecule has 1 N–H and O–H groups in total. The third-order valence-electron chi connectivity index (χ3n) is 2.54. The molecule has 0 unspecified atom stereocenters. The number of hydrogen-bond acceptors (Lipinski definition) is 2. The van der Waals surface area contributed by atoms with Gasteiger partial charge in [-0.3, -0.25) is 0 Å². The predicted octanol–water partition coefficient (Wildman–Crippen LogP) is 6.37. The molecule has 3 nitrogen and oxygen atoms in total. The number of hydrogen-bond donors (Lipinski definition) is 1. The lowest BCUT2D eigenvalue weighted by Crippen LogP contribution is -2.04. The van der Waals surface area contributed by atoms with Crippen LogP contribution in [0.1, 0.15) is 10.5 Å². The van der Waals surface area contributed by atoms with Crippen molar-refractivity contribution >= 4 is 75.6 Å². The molecule has 0 bridgehead atoms. The van der Waals surface area contributed by atoms with Crippen LogP contribution < -0.4 is 0 Å². The normalized spacial score (nSPS) is 10.8. The molecule has 0 atom stereocenters. The van der Waals surface area contributed by atoms with Gasteiger partial charge in [0.2, 0.25) is 0 Å². The molecule has 2 rings (SSSR count). The lowest BCUT2D eigenvalue weighted by atomic mass is 10.0. The molecular weight excluding hydrogens is 403 g/mol. The Morgan fingerprint density at radius 2 is 1.33 bits per heavy atom. The molecule has 0 fully saturated rings. The van der Waals surface area contributed by atoms with Crippen LogP contribution in [0.15, 0.2) is 12.1 Å². The first-order chi connectivity index (χ1) is 9.75. The summed E-state index contributed by atoms with van der Waals surface area (Å²) in [7, 11) is 0. The van der Waals surface area contributed by atoms with Crippen molar-refractivity contribution in [3.63, 3.8) is 0 Å². The van der Waals surface area contributed by atoms with Crippen molar-refractivity contribution in [3.05, 3.63) is 48.1 Å². The fraction of sp³-hybridized carbons (Fsp3) is 0. The highest BCUT2D eigenvalue weighted by Crippen LogP contribution is 2.48. The summed E-state index contributed by atoms with van der Waals surface area (Å²) in [5, 5.41) is 9.10. The summed E-state index contributed by atoms with van der Waals surface area (Å²) in [6, 6.07) is 2.80. The van der Waals surface area contributed by atoms with E-state index in [1.54, 1.807) is 0 Å². The second kappa shape index (κ2) is 6.37. The molecule has 0 aliphatic rings. The highest BCUT2D eigenvalue weighted by Gasteiger charge is 2.24. The molecule has 1 aromatic heterocycles. The van der Waals surface area contributed by atoms with Crippen molar-refractivity contribution in [1.82, 2.24) is 4.98 Å². The van der Waals surface area contributed by atoms with Crippen LogP contribution in [0, 0.1) is 0 Å². The minimum Gasteiger partial charge on any atom is -0.476 e.